The lowest BCUT2D eigenvalue weighted by molar-refractivity contribution is -0.889. The summed E-state index contributed by atoms with van der Waals surface area (Å²) >= 11 is 0. The summed E-state index contributed by atoms with van der Waals surface area (Å²) in [6, 6.07) is -0.721. The first-order valence-electron chi connectivity index (χ1n) is 19.7. The molecule has 0 saturated carbocycles. The molecule has 0 aliphatic carbocycles. The van der Waals surface area contributed by atoms with E-state index in [0.717, 1.165) is 51.4 Å². The van der Waals surface area contributed by atoms with Gasteiger partial charge in [-0.15, -0.1) is 0 Å². The minimum absolute atomic E-state index is 0.0418. The highest BCUT2D eigenvalue weighted by molar-refractivity contribution is 5.70. The maximum absolute atomic E-state index is 12.6. The lowest BCUT2D eigenvalue weighted by Crippen LogP contribution is -2.55. The van der Waals surface area contributed by atoms with Crippen molar-refractivity contribution in [3.05, 3.63) is 12.2 Å². The summed E-state index contributed by atoms with van der Waals surface area (Å²) in [5.74, 6) is -1.74. The van der Waals surface area contributed by atoms with Crippen LogP contribution in [0.5, 0.6) is 0 Å². The molecule has 0 heterocycles. The first kappa shape index (κ1) is 46.1. The lowest BCUT2D eigenvalue weighted by atomic mass is 10.1. The van der Waals surface area contributed by atoms with Crippen LogP contribution in [-0.4, -0.2) is 75.5 Å². The molecule has 0 aliphatic heterocycles. The zero-order chi connectivity index (χ0) is 35.7. The summed E-state index contributed by atoms with van der Waals surface area (Å²) in [4.78, 5) is 36.6. The molecular formula is C40H75NO7. The van der Waals surface area contributed by atoms with Gasteiger partial charge in [-0.25, -0.2) is 0 Å². The molecule has 8 heteroatoms. The van der Waals surface area contributed by atoms with Crippen LogP contribution in [0.4, 0.5) is 0 Å². The first-order valence-corrected chi connectivity index (χ1v) is 19.7. The summed E-state index contributed by atoms with van der Waals surface area (Å²) in [6.07, 6.45) is 30.9. The van der Waals surface area contributed by atoms with E-state index in [9.17, 15) is 19.5 Å². The van der Waals surface area contributed by atoms with Crippen LogP contribution in [0.15, 0.2) is 12.2 Å². The summed E-state index contributed by atoms with van der Waals surface area (Å²) in [6.45, 7) is 4.62. The van der Waals surface area contributed by atoms with Gasteiger partial charge in [-0.2, -0.15) is 0 Å². The van der Waals surface area contributed by atoms with Crippen LogP contribution in [0.3, 0.4) is 0 Å². The number of carboxylic acids is 1. The van der Waals surface area contributed by atoms with Gasteiger partial charge < -0.3 is 28.6 Å². The van der Waals surface area contributed by atoms with Gasteiger partial charge in [-0.1, -0.05) is 129 Å². The van der Waals surface area contributed by atoms with Crippen LogP contribution in [-0.2, 0) is 28.6 Å². The maximum Gasteiger partial charge on any atom is 0.306 e. The van der Waals surface area contributed by atoms with Crippen molar-refractivity contribution in [1.29, 1.82) is 0 Å². The normalized spacial score (nSPS) is 13.1. The molecule has 0 aromatic heterocycles. The van der Waals surface area contributed by atoms with E-state index < -0.39 is 18.1 Å². The number of hydrogen-bond acceptors (Lipinski definition) is 7. The number of esters is 2. The minimum Gasteiger partial charge on any atom is -0.544 e. The SMILES string of the molecule is CCCCCCCCC/C=C\CCCCCCCC(=O)OC(COCCC(C(=O)[O-])[N+](C)(C)C)COC(=O)CCCCCCCCCC. The van der Waals surface area contributed by atoms with Crippen molar-refractivity contribution in [3.8, 4) is 0 Å². The van der Waals surface area contributed by atoms with Gasteiger partial charge in [0.2, 0.25) is 0 Å². The van der Waals surface area contributed by atoms with Gasteiger partial charge in [0.05, 0.1) is 40.3 Å². The minimum atomic E-state index is -1.13. The van der Waals surface area contributed by atoms with E-state index in [-0.39, 0.29) is 42.7 Å². The van der Waals surface area contributed by atoms with E-state index >= 15 is 0 Å². The van der Waals surface area contributed by atoms with E-state index in [1.807, 2.05) is 0 Å². The summed E-state index contributed by atoms with van der Waals surface area (Å²) < 4.78 is 17.1. The van der Waals surface area contributed by atoms with Crippen LogP contribution in [0.25, 0.3) is 0 Å². The number of nitrogens with zero attached hydrogens (tertiary/aromatic N) is 1. The lowest BCUT2D eigenvalue weighted by Gasteiger charge is -2.34. The molecule has 0 rings (SSSR count). The zero-order valence-corrected chi connectivity index (χ0v) is 31.9. The molecule has 0 fully saturated rings. The predicted octanol–water partition coefficient (Wildman–Crippen LogP) is 8.63. The fraction of sp³-hybridized carbons (Fsp3) is 0.875. The van der Waals surface area contributed by atoms with E-state index in [0.29, 0.717) is 12.8 Å². The Bertz CT molecular complexity index is 808. The third kappa shape index (κ3) is 30.2. The predicted molar refractivity (Wildman–Crippen MR) is 194 cm³/mol. The second-order valence-corrected chi connectivity index (χ2v) is 14.5. The number of aliphatic carboxylic acids is 1. The van der Waals surface area contributed by atoms with Crippen LogP contribution in [0, 0.1) is 0 Å². The average Bonchev–Trinajstić information content (AvgIpc) is 3.03. The molecule has 0 saturated heterocycles. The molecule has 0 bridgehead atoms. The number of likely N-dealkylation sites (N-methyl/N-ethyl adjacent to an activating group) is 1. The van der Waals surface area contributed by atoms with Crippen molar-refractivity contribution in [2.75, 3.05) is 41.0 Å². The number of rotatable bonds is 35. The van der Waals surface area contributed by atoms with Crippen molar-refractivity contribution in [1.82, 2.24) is 0 Å². The Morgan fingerprint density at radius 1 is 0.604 bits per heavy atom. The number of ether oxygens (including phenoxy) is 3. The first-order chi connectivity index (χ1) is 23.1. The van der Waals surface area contributed by atoms with E-state index in [1.54, 1.807) is 21.1 Å². The number of hydrogen-bond donors (Lipinski definition) is 0. The van der Waals surface area contributed by atoms with Crippen LogP contribution in [0.1, 0.15) is 174 Å². The molecule has 8 nitrogen and oxygen atoms in total. The van der Waals surface area contributed by atoms with Crippen molar-refractivity contribution in [3.63, 3.8) is 0 Å². The molecule has 282 valence electrons. The van der Waals surface area contributed by atoms with Crippen molar-refractivity contribution < 1.29 is 38.2 Å². The Morgan fingerprint density at radius 2 is 1.04 bits per heavy atom. The Hall–Kier alpha value is -1.93. The number of carbonyl (C=O) groups is 3. The smallest absolute Gasteiger partial charge is 0.306 e. The summed E-state index contributed by atoms with van der Waals surface area (Å²) in [7, 11) is 5.40. The topological polar surface area (TPSA) is 102 Å². The molecule has 0 radical (unpaired) electrons. The van der Waals surface area contributed by atoms with E-state index in [4.69, 9.17) is 14.2 Å². The number of carbonyl (C=O) groups excluding carboxylic acids is 3. The molecule has 0 spiro atoms. The molecule has 0 aromatic rings. The number of allylic oxidation sites excluding steroid dienone is 2. The highest BCUT2D eigenvalue weighted by atomic mass is 16.6. The van der Waals surface area contributed by atoms with Gasteiger partial charge in [0.1, 0.15) is 12.6 Å². The molecule has 2 unspecified atom stereocenters. The number of carboxylic acid groups (broad SMARTS) is 1. The second kappa shape index (κ2) is 32.3. The zero-order valence-electron chi connectivity index (χ0n) is 31.9. The van der Waals surface area contributed by atoms with Crippen molar-refractivity contribution in [2.24, 2.45) is 0 Å². The molecule has 0 amide bonds. The monoisotopic (exact) mass is 682 g/mol. The molecule has 0 N–H and O–H groups in total. The fourth-order valence-electron chi connectivity index (χ4n) is 5.77. The van der Waals surface area contributed by atoms with Gasteiger partial charge in [-0.3, -0.25) is 9.59 Å². The van der Waals surface area contributed by atoms with Crippen molar-refractivity contribution in [2.45, 2.75) is 187 Å². The highest BCUT2D eigenvalue weighted by Gasteiger charge is 2.25. The van der Waals surface area contributed by atoms with Crippen LogP contribution in [0.2, 0.25) is 0 Å². The standard InChI is InChI=1S/C40H75NO7/c1-6-8-10-12-14-16-17-18-19-20-21-22-23-25-27-29-31-39(43)48-36(34-46-33-32-37(40(44)45)41(3,4)5)35-47-38(42)30-28-26-24-15-13-11-9-7-2/h19-20,36-37H,6-18,21-35H2,1-5H3/b20-19-. The van der Waals surface area contributed by atoms with Gasteiger partial charge >= 0.3 is 11.9 Å². The number of unbranched alkanes of at least 4 members (excludes halogenated alkanes) is 19. The summed E-state index contributed by atoms with van der Waals surface area (Å²) in [5.41, 5.74) is 0. The van der Waals surface area contributed by atoms with E-state index in [1.165, 1.54) is 89.9 Å². The largest absolute Gasteiger partial charge is 0.544 e. The quantitative estimate of drug-likeness (QED) is 0.0286. The van der Waals surface area contributed by atoms with Gasteiger partial charge in [-0.05, 0) is 38.5 Å². The molecule has 0 aliphatic rings. The van der Waals surface area contributed by atoms with Gasteiger partial charge in [0, 0.05) is 19.3 Å². The van der Waals surface area contributed by atoms with Gasteiger partial charge in [0.15, 0.2) is 6.10 Å². The Balaban J connectivity index is 4.36. The average molecular weight is 682 g/mol. The Labute approximate surface area is 295 Å². The maximum atomic E-state index is 12.6. The molecule has 48 heavy (non-hydrogen) atoms. The molecule has 2 atom stereocenters. The second-order valence-electron chi connectivity index (χ2n) is 14.5. The Morgan fingerprint density at radius 3 is 1.50 bits per heavy atom. The van der Waals surface area contributed by atoms with Crippen molar-refractivity contribution >= 4 is 17.9 Å². The van der Waals surface area contributed by atoms with E-state index in [2.05, 4.69) is 26.0 Å². The molecular weight excluding hydrogens is 606 g/mol. The molecule has 0 aromatic carbocycles. The van der Waals surface area contributed by atoms with Crippen LogP contribution < -0.4 is 5.11 Å². The third-order valence-corrected chi connectivity index (χ3v) is 8.90. The Kier molecular flexibility index (Phi) is 31.0. The number of quaternary nitrogens is 1. The highest BCUT2D eigenvalue weighted by Crippen LogP contribution is 2.13. The van der Waals surface area contributed by atoms with Gasteiger partial charge in [0.25, 0.3) is 0 Å². The van der Waals surface area contributed by atoms with Crippen LogP contribution >= 0.6 is 0 Å². The third-order valence-electron chi connectivity index (χ3n) is 8.90. The summed E-state index contributed by atoms with van der Waals surface area (Å²) in [5, 5.41) is 11.6. The fourth-order valence-corrected chi connectivity index (χ4v) is 5.77.